The number of ether oxygens (including phenoxy) is 1. The molecule has 0 spiro atoms. The van der Waals surface area contributed by atoms with Gasteiger partial charge in [0.25, 0.3) is 5.91 Å². The molecule has 0 saturated carbocycles. The van der Waals surface area contributed by atoms with Crippen LogP contribution in [-0.4, -0.2) is 30.8 Å². The molecule has 2 amide bonds. The number of fused-ring (bicyclic) bond motifs is 1. The molecule has 2 rings (SSSR count). The molecule has 0 aliphatic heterocycles. The summed E-state index contributed by atoms with van der Waals surface area (Å²) < 4.78 is 5.09. The summed E-state index contributed by atoms with van der Waals surface area (Å²) in [6.07, 6.45) is -0.555. The summed E-state index contributed by atoms with van der Waals surface area (Å²) in [5.74, 6) is -0.257. The van der Waals surface area contributed by atoms with Gasteiger partial charge in [-0.15, -0.1) is 0 Å². The molecular formula is C17H20N2O4. The number of hydrogen-bond donors (Lipinski definition) is 3. The van der Waals surface area contributed by atoms with Gasteiger partial charge < -0.3 is 15.2 Å². The summed E-state index contributed by atoms with van der Waals surface area (Å²) in [4.78, 5) is 23.5. The zero-order chi connectivity index (χ0) is 17.0. The van der Waals surface area contributed by atoms with E-state index in [1.165, 1.54) is 13.1 Å². The molecule has 0 aliphatic carbocycles. The number of phenolic OH excluding ortho intramolecular Hbond substituents is 1. The Bertz CT molecular complexity index is 741. The van der Waals surface area contributed by atoms with Crippen molar-refractivity contribution in [3.8, 4) is 5.75 Å². The third-order valence-electron chi connectivity index (χ3n) is 3.29. The van der Waals surface area contributed by atoms with Crippen LogP contribution in [0.3, 0.4) is 0 Å². The number of carbonyl (C=O) groups is 2. The summed E-state index contributed by atoms with van der Waals surface area (Å²) in [6, 6.07) is 8.27. The fraction of sp³-hybridized carbons (Fsp3) is 0.294. The minimum atomic E-state index is -0.555. The van der Waals surface area contributed by atoms with Gasteiger partial charge in [0.15, 0.2) is 0 Å². The summed E-state index contributed by atoms with van der Waals surface area (Å²) in [5, 5.41) is 16.5. The van der Waals surface area contributed by atoms with Crippen LogP contribution in [0, 0.1) is 5.92 Å². The van der Waals surface area contributed by atoms with Gasteiger partial charge in [0.05, 0.1) is 17.9 Å². The van der Waals surface area contributed by atoms with Gasteiger partial charge in [-0.1, -0.05) is 32.0 Å². The van der Waals surface area contributed by atoms with E-state index in [1.807, 2.05) is 13.8 Å². The zero-order valence-electron chi connectivity index (χ0n) is 13.3. The van der Waals surface area contributed by atoms with Crippen LogP contribution in [0.4, 0.5) is 10.5 Å². The largest absolute Gasteiger partial charge is 0.506 e. The highest BCUT2D eigenvalue weighted by molar-refractivity contribution is 6.08. The zero-order valence-corrected chi connectivity index (χ0v) is 13.3. The highest BCUT2D eigenvalue weighted by Crippen LogP contribution is 2.33. The Morgan fingerprint density at radius 3 is 2.57 bits per heavy atom. The van der Waals surface area contributed by atoms with Crippen LogP contribution in [0.25, 0.3) is 10.8 Å². The average molecular weight is 316 g/mol. The van der Waals surface area contributed by atoms with Crippen LogP contribution in [0.2, 0.25) is 0 Å². The second kappa shape index (κ2) is 7.00. The predicted octanol–water partition coefficient (Wildman–Crippen LogP) is 3.11. The van der Waals surface area contributed by atoms with E-state index in [0.29, 0.717) is 23.1 Å². The van der Waals surface area contributed by atoms with Gasteiger partial charge in [-0.25, -0.2) is 4.79 Å². The van der Waals surface area contributed by atoms with Gasteiger partial charge in [0, 0.05) is 17.8 Å². The normalized spacial score (nSPS) is 10.6. The molecule has 6 nitrogen and oxygen atoms in total. The summed E-state index contributed by atoms with van der Waals surface area (Å²) in [5.41, 5.74) is 0.689. The topological polar surface area (TPSA) is 87.7 Å². The molecule has 0 heterocycles. The lowest BCUT2D eigenvalue weighted by Crippen LogP contribution is -2.18. The third-order valence-corrected chi connectivity index (χ3v) is 3.29. The number of phenols is 1. The van der Waals surface area contributed by atoms with Gasteiger partial charge in [-0.05, 0) is 18.1 Å². The molecule has 0 atom stereocenters. The molecule has 2 aromatic carbocycles. The van der Waals surface area contributed by atoms with Crippen molar-refractivity contribution in [2.75, 3.05) is 19.0 Å². The van der Waals surface area contributed by atoms with Crippen LogP contribution < -0.4 is 10.6 Å². The standard InChI is InChI=1S/C17H20N2O4/c1-10(2)9-23-17(22)19-14-6-4-5-12-11(14)7-8-13(15(12)20)16(21)18-3/h4-8,10,20H,9H2,1-3H3,(H,18,21)(H,19,22). The number of rotatable bonds is 4. The van der Waals surface area contributed by atoms with Crippen molar-refractivity contribution in [2.45, 2.75) is 13.8 Å². The molecule has 122 valence electrons. The number of aromatic hydroxyl groups is 1. The number of amides is 2. The van der Waals surface area contributed by atoms with Crippen molar-refractivity contribution in [1.82, 2.24) is 5.32 Å². The second-order valence-electron chi connectivity index (χ2n) is 5.56. The number of benzene rings is 2. The van der Waals surface area contributed by atoms with Crippen molar-refractivity contribution in [2.24, 2.45) is 5.92 Å². The quantitative estimate of drug-likeness (QED) is 0.809. The Morgan fingerprint density at radius 1 is 1.17 bits per heavy atom. The first kappa shape index (κ1) is 16.6. The van der Waals surface area contributed by atoms with Crippen molar-refractivity contribution < 1.29 is 19.4 Å². The smallest absolute Gasteiger partial charge is 0.411 e. The van der Waals surface area contributed by atoms with Crippen molar-refractivity contribution >= 4 is 28.5 Å². The van der Waals surface area contributed by atoms with Crippen molar-refractivity contribution in [3.63, 3.8) is 0 Å². The van der Waals surface area contributed by atoms with Gasteiger partial charge in [-0.3, -0.25) is 10.1 Å². The fourth-order valence-corrected chi connectivity index (χ4v) is 2.16. The van der Waals surface area contributed by atoms with E-state index in [-0.39, 0.29) is 23.1 Å². The number of anilines is 1. The summed E-state index contributed by atoms with van der Waals surface area (Å²) >= 11 is 0. The van der Waals surface area contributed by atoms with E-state index in [4.69, 9.17) is 4.74 Å². The maximum absolute atomic E-state index is 11.8. The first-order valence-corrected chi connectivity index (χ1v) is 7.34. The first-order chi connectivity index (χ1) is 10.9. The Morgan fingerprint density at radius 2 is 1.91 bits per heavy atom. The van der Waals surface area contributed by atoms with E-state index in [9.17, 15) is 14.7 Å². The molecule has 6 heteroatoms. The molecule has 3 N–H and O–H groups in total. The van der Waals surface area contributed by atoms with Crippen molar-refractivity contribution in [1.29, 1.82) is 0 Å². The summed E-state index contributed by atoms with van der Waals surface area (Å²) in [7, 11) is 1.49. The lowest BCUT2D eigenvalue weighted by atomic mass is 10.0. The summed E-state index contributed by atoms with van der Waals surface area (Å²) in [6.45, 7) is 4.22. The SMILES string of the molecule is CNC(=O)c1ccc2c(NC(=O)OCC(C)C)cccc2c1O. The Balaban J connectivity index is 2.34. The van der Waals surface area contributed by atoms with Crippen LogP contribution in [0.1, 0.15) is 24.2 Å². The molecule has 0 fully saturated rings. The minimum Gasteiger partial charge on any atom is -0.506 e. The Hall–Kier alpha value is -2.76. The lowest BCUT2D eigenvalue weighted by molar-refractivity contribution is 0.0960. The molecule has 0 aromatic heterocycles. The van der Waals surface area contributed by atoms with Gasteiger partial charge in [-0.2, -0.15) is 0 Å². The fourth-order valence-electron chi connectivity index (χ4n) is 2.16. The number of carbonyl (C=O) groups excluding carboxylic acids is 2. The molecular weight excluding hydrogens is 296 g/mol. The Kier molecular flexibility index (Phi) is 5.05. The minimum absolute atomic E-state index is 0.124. The molecule has 0 radical (unpaired) electrons. The Labute approximate surface area is 134 Å². The van der Waals surface area contributed by atoms with E-state index in [0.717, 1.165) is 0 Å². The third kappa shape index (κ3) is 3.71. The highest BCUT2D eigenvalue weighted by Gasteiger charge is 2.15. The maximum Gasteiger partial charge on any atom is 0.411 e. The first-order valence-electron chi connectivity index (χ1n) is 7.34. The van der Waals surface area contributed by atoms with Gasteiger partial charge >= 0.3 is 6.09 Å². The second-order valence-corrected chi connectivity index (χ2v) is 5.56. The maximum atomic E-state index is 11.8. The highest BCUT2D eigenvalue weighted by atomic mass is 16.5. The lowest BCUT2D eigenvalue weighted by Gasteiger charge is -2.12. The average Bonchev–Trinajstić information content (AvgIpc) is 2.53. The van der Waals surface area contributed by atoms with E-state index in [2.05, 4.69) is 10.6 Å². The van der Waals surface area contributed by atoms with E-state index < -0.39 is 6.09 Å². The molecule has 0 bridgehead atoms. The van der Waals surface area contributed by atoms with Crippen molar-refractivity contribution in [3.05, 3.63) is 35.9 Å². The monoisotopic (exact) mass is 316 g/mol. The molecule has 23 heavy (non-hydrogen) atoms. The molecule has 2 aromatic rings. The van der Waals surface area contributed by atoms with E-state index in [1.54, 1.807) is 24.3 Å². The van der Waals surface area contributed by atoms with Crippen LogP contribution in [-0.2, 0) is 4.74 Å². The molecule has 0 unspecified atom stereocenters. The number of hydrogen-bond acceptors (Lipinski definition) is 4. The van der Waals surface area contributed by atoms with Crippen LogP contribution in [0.5, 0.6) is 5.75 Å². The van der Waals surface area contributed by atoms with E-state index >= 15 is 0 Å². The molecule has 0 aliphatic rings. The predicted molar refractivity (Wildman–Crippen MR) is 88.8 cm³/mol. The van der Waals surface area contributed by atoms with Crippen LogP contribution in [0.15, 0.2) is 30.3 Å². The van der Waals surface area contributed by atoms with Crippen LogP contribution >= 0.6 is 0 Å². The number of nitrogens with one attached hydrogen (secondary N) is 2. The van der Waals surface area contributed by atoms with Gasteiger partial charge in [0.1, 0.15) is 5.75 Å². The molecule has 0 saturated heterocycles. The van der Waals surface area contributed by atoms with Gasteiger partial charge in [0.2, 0.25) is 0 Å².